The molecule has 14 nitrogen and oxygen atoms in total. The summed E-state index contributed by atoms with van der Waals surface area (Å²) in [6.45, 7) is 2.21. The fourth-order valence-electron chi connectivity index (χ4n) is 6.83. The third kappa shape index (κ3) is 14.2. The lowest BCUT2D eigenvalue weighted by Gasteiger charge is -2.24. The SMILES string of the molecule is CCCCCCCCCCCCCCCCCCOC[C@H](COP(=O)(O)OC[C@H]1O[C@@](C#N)(c2ccc3c(N)ncnn23)[C@H](O)[C@@H]1O)OCc1ccccc1. The van der Waals surface area contributed by atoms with Crippen LogP contribution in [0, 0.1) is 11.3 Å². The van der Waals surface area contributed by atoms with Gasteiger partial charge in [0.25, 0.3) is 0 Å². The van der Waals surface area contributed by atoms with Crippen LogP contribution in [0.2, 0.25) is 0 Å². The van der Waals surface area contributed by atoms with Crippen molar-refractivity contribution in [3.63, 3.8) is 0 Å². The Kier molecular flexibility index (Phi) is 19.5. The van der Waals surface area contributed by atoms with Gasteiger partial charge < -0.3 is 35.1 Å². The first-order chi connectivity index (χ1) is 26.7. The Morgan fingerprint density at radius 3 is 2.15 bits per heavy atom. The second kappa shape index (κ2) is 24.0. The molecule has 1 aliphatic rings. The summed E-state index contributed by atoms with van der Waals surface area (Å²) in [7, 11) is -4.71. The molecule has 0 bridgehead atoms. The number of rotatable bonds is 29. The number of unbranched alkanes of at least 4 members (excludes halogenated alkanes) is 15. The number of benzene rings is 1. The minimum atomic E-state index is -4.71. The predicted molar refractivity (Wildman–Crippen MR) is 209 cm³/mol. The maximum absolute atomic E-state index is 13.0. The monoisotopic (exact) mass is 787 g/mol. The standard InChI is InChI=1S/C40H62N5O9P/c1-2-3-4-5-6-7-8-9-10-11-12-13-14-15-16-20-25-50-27-33(51-26-32-21-18-17-19-22-32)28-52-55(48,49)53-29-35-37(46)38(47)40(30-41,54-35)36-24-23-34-39(42)43-31-44-45(34)36/h17-19,21-24,31,33,35,37-38,46-47H,2-16,20,25-29H2,1H3,(H,48,49)(H2,42,43,44)/t33-,35-,37-,38-,40+/m1/s1. The van der Waals surface area contributed by atoms with Crippen LogP contribution in [0.5, 0.6) is 0 Å². The topological polar surface area (TPSA) is 204 Å². The molecule has 0 amide bonds. The number of hydrogen-bond acceptors (Lipinski definition) is 12. The lowest BCUT2D eigenvalue weighted by molar-refractivity contribution is -0.0690. The number of nitrogens with two attached hydrogens (primary N) is 1. The summed E-state index contributed by atoms with van der Waals surface area (Å²) in [5, 5.41) is 36.0. The average Bonchev–Trinajstić information content (AvgIpc) is 3.74. The second-order valence-corrected chi connectivity index (χ2v) is 15.9. The number of fused-ring (bicyclic) bond motifs is 1. The highest BCUT2D eigenvalue weighted by Gasteiger charge is 2.58. The van der Waals surface area contributed by atoms with Crippen LogP contribution in [-0.4, -0.2) is 80.5 Å². The third-order valence-electron chi connectivity index (χ3n) is 10.1. The summed E-state index contributed by atoms with van der Waals surface area (Å²) in [5.41, 5.74) is 5.21. The van der Waals surface area contributed by atoms with Gasteiger partial charge in [0.05, 0.1) is 32.1 Å². The van der Waals surface area contributed by atoms with Gasteiger partial charge in [-0.05, 0) is 24.1 Å². The van der Waals surface area contributed by atoms with Crippen LogP contribution in [0.15, 0.2) is 48.8 Å². The molecule has 15 heteroatoms. The minimum absolute atomic E-state index is 0.0922. The summed E-state index contributed by atoms with van der Waals surface area (Å²) in [6, 6.07) is 14.5. The Morgan fingerprint density at radius 2 is 1.53 bits per heavy atom. The highest BCUT2D eigenvalue weighted by atomic mass is 31.2. The van der Waals surface area contributed by atoms with Crippen LogP contribution < -0.4 is 5.73 Å². The lowest BCUT2D eigenvalue weighted by Crippen LogP contribution is -2.41. The summed E-state index contributed by atoms with van der Waals surface area (Å²) < 4.78 is 42.5. The van der Waals surface area contributed by atoms with Gasteiger partial charge in [-0.1, -0.05) is 134 Å². The van der Waals surface area contributed by atoms with Gasteiger partial charge in [-0.3, -0.25) is 9.05 Å². The number of aliphatic hydroxyl groups is 2. The minimum Gasteiger partial charge on any atom is -0.387 e. The van der Waals surface area contributed by atoms with Crippen molar-refractivity contribution in [2.24, 2.45) is 0 Å². The summed E-state index contributed by atoms with van der Waals surface area (Å²) >= 11 is 0. The average molecular weight is 788 g/mol. The number of aliphatic hydroxyl groups excluding tert-OH is 2. The molecular weight excluding hydrogens is 725 g/mol. The van der Waals surface area contributed by atoms with Gasteiger partial charge in [0, 0.05) is 6.61 Å². The first kappa shape index (κ1) is 44.8. The number of phosphoric acid groups is 1. The van der Waals surface area contributed by atoms with Crippen molar-refractivity contribution in [2.45, 2.75) is 146 Å². The van der Waals surface area contributed by atoms with Gasteiger partial charge in [-0.2, -0.15) is 10.4 Å². The molecular formula is C40H62N5O9P. The van der Waals surface area contributed by atoms with Crippen molar-refractivity contribution in [3.8, 4) is 6.07 Å². The van der Waals surface area contributed by atoms with Crippen LogP contribution in [0.3, 0.4) is 0 Å². The molecule has 1 saturated heterocycles. The van der Waals surface area contributed by atoms with Gasteiger partial charge in [0.1, 0.15) is 42.3 Å². The number of nitrogens with zero attached hydrogens (tertiary/aromatic N) is 4. The molecule has 3 aromatic rings. The van der Waals surface area contributed by atoms with Gasteiger partial charge in [-0.15, -0.1) is 0 Å². The smallest absolute Gasteiger partial charge is 0.387 e. The van der Waals surface area contributed by atoms with E-state index in [4.69, 9.17) is 29.0 Å². The Labute approximate surface area is 325 Å². The fraction of sp³-hybridized carbons (Fsp3) is 0.675. The number of aromatic nitrogens is 3. The molecule has 0 aliphatic carbocycles. The summed E-state index contributed by atoms with van der Waals surface area (Å²) in [4.78, 5) is 14.5. The molecule has 1 fully saturated rings. The first-order valence-electron chi connectivity index (χ1n) is 20.1. The van der Waals surface area contributed by atoms with Crippen molar-refractivity contribution in [1.82, 2.24) is 14.6 Å². The molecule has 3 heterocycles. The Hall–Kier alpha value is -2.96. The van der Waals surface area contributed by atoms with E-state index in [1.54, 1.807) is 6.07 Å². The molecule has 0 radical (unpaired) electrons. The normalized spacial score (nSPS) is 21.5. The van der Waals surface area contributed by atoms with Crippen LogP contribution in [-0.2, 0) is 40.0 Å². The largest absolute Gasteiger partial charge is 0.472 e. The molecule has 1 aliphatic heterocycles. The first-order valence-corrected chi connectivity index (χ1v) is 21.6. The van der Waals surface area contributed by atoms with Gasteiger partial charge in [0.2, 0.25) is 5.60 Å². The van der Waals surface area contributed by atoms with E-state index in [0.29, 0.717) is 12.1 Å². The summed E-state index contributed by atoms with van der Waals surface area (Å²) in [6.07, 6.45) is 16.4. The number of nitrogen functional groups attached to an aromatic ring is 1. The van der Waals surface area contributed by atoms with Crippen LogP contribution in [0.4, 0.5) is 5.82 Å². The lowest BCUT2D eigenvalue weighted by atomic mass is 9.92. The Bertz CT molecular complexity index is 1610. The van der Waals surface area contributed by atoms with E-state index in [9.17, 15) is 24.9 Å². The predicted octanol–water partition coefficient (Wildman–Crippen LogP) is 7.15. The molecule has 1 aromatic carbocycles. The van der Waals surface area contributed by atoms with E-state index in [1.165, 1.54) is 107 Å². The zero-order valence-corrected chi connectivity index (χ0v) is 33.3. The van der Waals surface area contributed by atoms with Crippen molar-refractivity contribution < 1.29 is 42.9 Å². The molecule has 5 N–H and O–H groups in total. The Balaban J connectivity index is 1.15. The maximum Gasteiger partial charge on any atom is 0.472 e. The van der Waals surface area contributed by atoms with E-state index >= 15 is 0 Å². The highest BCUT2D eigenvalue weighted by Crippen LogP contribution is 2.46. The van der Waals surface area contributed by atoms with Crippen LogP contribution in [0.1, 0.15) is 121 Å². The van der Waals surface area contributed by atoms with Crippen molar-refractivity contribution >= 4 is 19.2 Å². The van der Waals surface area contributed by atoms with E-state index in [2.05, 4.69) is 17.0 Å². The highest BCUT2D eigenvalue weighted by molar-refractivity contribution is 7.47. The summed E-state index contributed by atoms with van der Waals surface area (Å²) in [5.74, 6) is 0.136. The molecule has 4 rings (SSSR count). The van der Waals surface area contributed by atoms with Gasteiger partial charge in [-0.25, -0.2) is 14.1 Å². The molecule has 6 atom stereocenters. The van der Waals surface area contributed by atoms with Crippen LogP contribution >= 0.6 is 7.82 Å². The van der Waals surface area contributed by atoms with Crippen molar-refractivity contribution in [3.05, 3.63) is 60.0 Å². The number of hydrogen-bond donors (Lipinski definition) is 4. The number of nitriles is 1. The zero-order chi connectivity index (χ0) is 39.4. The van der Waals surface area contributed by atoms with E-state index in [1.807, 2.05) is 36.4 Å². The van der Waals surface area contributed by atoms with Gasteiger partial charge >= 0.3 is 7.82 Å². The number of ether oxygens (including phenoxy) is 3. The van der Waals surface area contributed by atoms with Crippen molar-refractivity contribution in [1.29, 1.82) is 5.26 Å². The van der Waals surface area contributed by atoms with Crippen molar-refractivity contribution in [2.75, 3.05) is 32.2 Å². The molecule has 2 aromatic heterocycles. The van der Waals surface area contributed by atoms with E-state index in [0.717, 1.165) is 18.4 Å². The van der Waals surface area contributed by atoms with E-state index < -0.39 is 44.4 Å². The second-order valence-electron chi connectivity index (χ2n) is 14.5. The maximum atomic E-state index is 13.0. The van der Waals surface area contributed by atoms with E-state index in [-0.39, 0.29) is 31.3 Å². The Morgan fingerprint density at radius 1 is 0.909 bits per heavy atom. The van der Waals surface area contributed by atoms with Gasteiger partial charge in [0.15, 0.2) is 5.82 Å². The molecule has 0 spiro atoms. The molecule has 1 unspecified atom stereocenters. The number of phosphoric ester groups is 1. The molecule has 55 heavy (non-hydrogen) atoms. The third-order valence-corrected chi connectivity index (χ3v) is 11.0. The zero-order valence-electron chi connectivity index (χ0n) is 32.4. The molecule has 0 saturated carbocycles. The molecule has 306 valence electrons. The quantitative estimate of drug-likeness (QED) is 0.0408. The fourth-order valence-corrected chi connectivity index (χ4v) is 7.60. The number of anilines is 1. The van der Waals surface area contributed by atoms with Crippen LogP contribution in [0.25, 0.3) is 5.52 Å².